The van der Waals surface area contributed by atoms with Gasteiger partial charge in [-0.15, -0.1) is 0 Å². The molecule has 156 valence electrons. The lowest BCUT2D eigenvalue weighted by molar-refractivity contribution is -0.0660. The van der Waals surface area contributed by atoms with Crippen LogP contribution in [0.15, 0.2) is 42.5 Å². The Balaban J connectivity index is 1.43. The summed E-state index contributed by atoms with van der Waals surface area (Å²) >= 11 is 12.1. The molecule has 1 saturated carbocycles. The molecule has 2 atom stereocenters. The van der Waals surface area contributed by atoms with Crippen LogP contribution in [0.3, 0.4) is 0 Å². The third-order valence-electron chi connectivity index (χ3n) is 6.48. The summed E-state index contributed by atoms with van der Waals surface area (Å²) < 4.78 is 13.6. The minimum absolute atomic E-state index is 0.0791. The van der Waals surface area contributed by atoms with E-state index in [9.17, 15) is 9.50 Å². The average Bonchev–Trinajstić information content (AvgIpc) is 2.72. The van der Waals surface area contributed by atoms with Gasteiger partial charge in [0.15, 0.2) is 0 Å². The highest BCUT2D eigenvalue weighted by Crippen LogP contribution is 2.43. The minimum Gasteiger partial charge on any atom is -0.385 e. The molecule has 6 heteroatoms. The van der Waals surface area contributed by atoms with Crippen molar-refractivity contribution in [2.24, 2.45) is 5.92 Å². The van der Waals surface area contributed by atoms with Gasteiger partial charge in [0.2, 0.25) is 0 Å². The first kappa shape index (κ1) is 20.9. The Bertz CT molecular complexity index is 857. The summed E-state index contributed by atoms with van der Waals surface area (Å²) in [6.07, 6.45) is 3.76. The van der Waals surface area contributed by atoms with Gasteiger partial charge in [0.05, 0.1) is 10.6 Å². The molecule has 1 aliphatic heterocycles. The van der Waals surface area contributed by atoms with Crippen LogP contribution in [0.5, 0.6) is 0 Å². The van der Waals surface area contributed by atoms with Crippen LogP contribution >= 0.6 is 23.2 Å². The van der Waals surface area contributed by atoms with E-state index in [0.717, 1.165) is 68.3 Å². The van der Waals surface area contributed by atoms with Crippen molar-refractivity contribution in [2.75, 3.05) is 37.6 Å². The number of benzene rings is 2. The molecule has 0 radical (unpaired) electrons. The standard InChI is InChI=1S/C23H27Cl2FN2O/c24-19-5-3-6-20(15-19)28-12-10-27(11-13-28)16-18-4-1-2-9-23(18,29)17-7-8-22(26)21(25)14-17/h3,5-8,14-15,18,29H,1-2,4,9-13,16H2. The Morgan fingerprint density at radius 1 is 1.03 bits per heavy atom. The molecule has 29 heavy (non-hydrogen) atoms. The summed E-state index contributed by atoms with van der Waals surface area (Å²) in [6, 6.07) is 12.6. The van der Waals surface area contributed by atoms with E-state index in [1.807, 2.05) is 18.2 Å². The van der Waals surface area contributed by atoms with Crippen molar-refractivity contribution in [2.45, 2.75) is 31.3 Å². The predicted octanol–water partition coefficient (Wildman–Crippen LogP) is 5.33. The number of piperazine rings is 1. The summed E-state index contributed by atoms with van der Waals surface area (Å²) in [5, 5.41) is 12.4. The number of halogens is 3. The summed E-state index contributed by atoms with van der Waals surface area (Å²) in [4.78, 5) is 4.79. The maximum absolute atomic E-state index is 13.6. The maximum atomic E-state index is 13.6. The van der Waals surface area contributed by atoms with Crippen molar-refractivity contribution >= 4 is 28.9 Å². The van der Waals surface area contributed by atoms with E-state index >= 15 is 0 Å². The molecular weight excluding hydrogens is 410 g/mol. The molecule has 2 aromatic rings. The second-order valence-electron chi connectivity index (χ2n) is 8.26. The van der Waals surface area contributed by atoms with Gasteiger partial charge < -0.3 is 10.0 Å². The highest BCUT2D eigenvalue weighted by Gasteiger charge is 2.41. The van der Waals surface area contributed by atoms with Crippen molar-refractivity contribution in [3.63, 3.8) is 0 Å². The first-order chi connectivity index (χ1) is 14.0. The maximum Gasteiger partial charge on any atom is 0.141 e. The van der Waals surface area contributed by atoms with Gasteiger partial charge in [-0.3, -0.25) is 4.90 Å². The lowest BCUT2D eigenvalue weighted by Gasteiger charge is -2.44. The van der Waals surface area contributed by atoms with E-state index in [0.29, 0.717) is 6.42 Å². The van der Waals surface area contributed by atoms with Crippen LogP contribution in [0.25, 0.3) is 0 Å². The molecule has 3 nitrogen and oxygen atoms in total. The largest absolute Gasteiger partial charge is 0.385 e. The molecule has 1 aliphatic carbocycles. The fourth-order valence-corrected chi connectivity index (χ4v) is 5.15. The van der Waals surface area contributed by atoms with Crippen molar-refractivity contribution in [1.82, 2.24) is 4.90 Å². The predicted molar refractivity (Wildman–Crippen MR) is 117 cm³/mol. The molecule has 2 aromatic carbocycles. The van der Waals surface area contributed by atoms with E-state index < -0.39 is 11.4 Å². The Kier molecular flexibility index (Phi) is 6.35. The molecule has 1 saturated heterocycles. The van der Waals surface area contributed by atoms with Gasteiger partial charge in [0.25, 0.3) is 0 Å². The monoisotopic (exact) mass is 436 g/mol. The number of hydrogen-bond acceptors (Lipinski definition) is 3. The highest BCUT2D eigenvalue weighted by molar-refractivity contribution is 6.31. The van der Waals surface area contributed by atoms with Crippen LogP contribution in [-0.2, 0) is 5.60 Å². The molecule has 1 heterocycles. The molecule has 0 bridgehead atoms. The van der Waals surface area contributed by atoms with Gasteiger partial charge in [-0.2, -0.15) is 0 Å². The number of anilines is 1. The van der Waals surface area contributed by atoms with Gasteiger partial charge in [-0.25, -0.2) is 4.39 Å². The van der Waals surface area contributed by atoms with Crippen LogP contribution in [0, 0.1) is 11.7 Å². The Labute approximate surface area is 182 Å². The first-order valence-corrected chi connectivity index (χ1v) is 11.1. The average molecular weight is 437 g/mol. The Hall–Kier alpha value is -1.33. The molecular formula is C23H27Cl2FN2O. The van der Waals surface area contributed by atoms with Gasteiger partial charge in [0.1, 0.15) is 5.82 Å². The lowest BCUT2D eigenvalue weighted by atomic mass is 9.71. The Morgan fingerprint density at radius 2 is 1.83 bits per heavy atom. The zero-order valence-electron chi connectivity index (χ0n) is 16.5. The van der Waals surface area contributed by atoms with E-state index in [1.54, 1.807) is 12.1 Å². The van der Waals surface area contributed by atoms with Crippen LogP contribution < -0.4 is 4.90 Å². The fraction of sp³-hybridized carbons (Fsp3) is 0.478. The van der Waals surface area contributed by atoms with E-state index in [2.05, 4.69) is 15.9 Å². The van der Waals surface area contributed by atoms with Crippen molar-refractivity contribution in [3.05, 3.63) is 63.9 Å². The van der Waals surface area contributed by atoms with E-state index in [4.69, 9.17) is 23.2 Å². The molecule has 2 fully saturated rings. The molecule has 2 unspecified atom stereocenters. The zero-order valence-corrected chi connectivity index (χ0v) is 18.0. The zero-order chi connectivity index (χ0) is 20.4. The number of nitrogens with zero attached hydrogens (tertiary/aromatic N) is 2. The highest BCUT2D eigenvalue weighted by atomic mass is 35.5. The van der Waals surface area contributed by atoms with Crippen molar-refractivity contribution < 1.29 is 9.50 Å². The first-order valence-electron chi connectivity index (χ1n) is 10.4. The summed E-state index contributed by atoms with van der Waals surface area (Å²) in [6.45, 7) is 4.61. The third kappa shape index (κ3) is 4.56. The summed E-state index contributed by atoms with van der Waals surface area (Å²) in [7, 11) is 0. The Morgan fingerprint density at radius 3 is 2.55 bits per heavy atom. The number of rotatable bonds is 4. The topological polar surface area (TPSA) is 26.7 Å². The molecule has 2 aliphatic rings. The van der Waals surface area contributed by atoms with Gasteiger partial charge >= 0.3 is 0 Å². The molecule has 4 rings (SSSR count). The van der Waals surface area contributed by atoms with Gasteiger partial charge in [-0.1, -0.05) is 48.2 Å². The van der Waals surface area contributed by atoms with Crippen LogP contribution in [0.2, 0.25) is 10.0 Å². The molecule has 1 N–H and O–H groups in total. The van der Waals surface area contributed by atoms with Crippen LogP contribution in [0.1, 0.15) is 31.2 Å². The smallest absolute Gasteiger partial charge is 0.141 e. The molecule has 0 spiro atoms. The molecule has 0 aromatic heterocycles. The van der Waals surface area contributed by atoms with Crippen molar-refractivity contribution in [3.8, 4) is 0 Å². The van der Waals surface area contributed by atoms with Gasteiger partial charge in [0, 0.05) is 49.4 Å². The summed E-state index contributed by atoms with van der Waals surface area (Å²) in [5.74, 6) is -0.320. The van der Waals surface area contributed by atoms with E-state index in [1.165, 1.54) is 6.07 Å². The quantitative estimate of drug-likeness (QED) is 0.700. The van der Waals surface area contributed by atoms with E-state index in [-0.39, 0.29) is 10.9 Å². The second kappa shape index (κ2) is 8.81. The fourth-order valence-electron chi connectivity index (χ4n) is 4.79. The lowest BCUT2D eigenvalue weighted by Crippen LogP contribution is -2.51. The summed E-state index contributed by atoms with van der Waals surface area (Å²) in [5.41, 5.74) is 0.957. The van der Waals surface area contributed by atoms with Crippen LogP contribution in [-0.4, -0.2) is 42.7 Å². The number of hydrogen-bond donors (Lipinski definition) is 1. The van der Waals surface area contributed by atoms with Crippen molar-refractivity contribution in [1.29, 1.82) is 0 Å². The SMILES string of the molecule is OC1(c2ccc(F)c(Cl)c2)CCCCC1CN1CCN(c2cccc(Cl)c2)CC1. The minimum atomic E-state index is -0.945. The second-order valence-corrected chi connectivity index (χ2v) is 9.11. The normalized spacial score (nSPS) is 25.9. The third-order valence-corrected chi connectivity index (χ3v) is 7.00. The van der Waals surface area contributed by atoms with Gasteiger partial charge in [-0.05, 0) is 48.7 Å². The van der Waals surface area contributed by atoms with Crippen LogP contribution in [0.4, 0.5) is 10.1 Å². The number of aliphatic hydroxyl groups is 1. The molecule has 0 amide bonds.